The number of unbranched alkanes of at least 4 members (excludes halogenated alkanes) is 1. The zero-order chi connectivity index (χ0) is 94.1. The molecule has 38 N–H and O–H groups in total. The highest BCUT2D eigenvalue weighted by atomic mass is 16.3. The number of rotatable bonds is 57. The lowest BCUT2D eigenvalue weighted by Crippen LogP contribution is -2.60. The molecule has 0 spiro atoms. The molecule has 43 heteroatoms. The molecule has 0 bridgehead atoms. The van der Waals surface area contributed by atoms with Crippen LogP contribution in [0.15, 0.2) is 97.1 Å². The van der Waals surface area contributed by atoms with Crippen LogP contribution < -0.4 is 126 Å². The van der Waals surface area contributed by atoms with Crippen molar-refractivity contribution in [3.63, 3.8) is 0 Å². The number of amides is 12. The van der Waals surface area contributed by atoms with Crippen LogP contribution in [0.5, 0.6) is 23.0 Å². The fourth-order valence-corrected chi connectivity index (χ4v) is 12.7. The fourth-order valence-electron chi connectivity index (χ4n) is 12.7. The second kappa shape index (κ2) is 57.2. The maximum atomic E-state index is 14.6. The number of phenols is 4. The Bertz CT molecular complexity index is 3920. The van der Waals surface area contributed by atoms with Crippen LogP contribution in [0, 0.1) is 39.4 Å². The zero-order valence-corrected chi connectivity index (χ0v) is 72.6. The third-order valence-electron chi connectivity index (χ3n) is 19.5. The number of carbonyl (C=O) groups is 12. The molecule has 4 aromatic carbocycles. The molecule has 8 unspecified atom stereocenters. The Kier molecular flexibility index (Phi) is 48.5. The van der Waals surface area contributed by atoms with E-state index >= 15 is 0 Å². The maximum Gasteiger partial charge on any atom is 0.250 e. The van der Waals surface area contributed by atoms with E-state index in [0.717, 1.165) is 0 Å². The van der Waals surface area contributed by atoms with E-state index in [1.54, 1.807) is 34.6 Å². The summed E-state index contributed by atoms with van der Waals surface area (Å²) >= 11 is 0. The van der Waals surface area contributed by atoms with E-state index in [1.807, 2.05) is 13.8 Å². The highest BCUT2D eigenvalue weighted by molar-refractivity contribution is 5.98. The van der Waals surface area contributed by atoms with Gasteiger partial charge in [-0.05, 0) is 173 Å². The smallest absolute Gasteiger partial charge is 0.250 e. The minimum atomic E-state index is -1.41. The van der Waals surface area contributed by atoms with E-state index in [1.165, 1.54) is 97.1 Å². The average molecular weight is 1770 g/mol. The van der Waals surface area contributed by atoms with Gasteiger partial charge in [0.1, 0.15) is 83.4 Å². The normalized spacial score (nSPS) is 13.8. The van der Waals surface area contributed by atoms with Gasteiger partial charge in [0.05, 0.1) is 6.04 Å². The van der Waals surface area contributed by atoms with Gasteiger partial charge in [0.25, 0.3) is 5.91 Å². The summed E-state index contributed by atoms with van der Waals surface area (Å²) in [5.41, 5.74) is 52.6. The van der Waals surface area contributed by atoms with E-state index in [-0.39, 0.29) is 188 Å². The van der Waals surface area contributed by atoms with E-state index in [4.69, 9.17) is 61.8 Å². The number of nitrogens with two attached hydrogens (primary N) is 7. The average Bonchev–Trinajstić information content (AvgIpc) is 0.838. The number of hydrogen-bond donors (Lipinski definition) is 31. The van der Waals surface area contributed by atoms with E-state index in [9.17, 15) is 78.0 Å². The summed E-state index contributed by atoms with van der Waals surface area (Å²) in [4.78, 5) is 169. The van der Waals surface area contributed by atoms with Crippen molar-refractivity contribution in [2.75, 3.05) is 26.2 Å². The third kappa shape index (κ3) is 43.1. The Morgan fingerprint density at radius 3 is 0.770 bits per heavy atom. The number of benzene rings is 4. The highest BCUT2D eigenvalue weighted by Gasteiger charge is 2.36. The lowest BCUT2D eigenvalue weighted by Gasteiger charge is -2.28. The number of primary amides is 2. The number of aromatic hydroxyl groups is 4. The highest BCUT2D eigenvalue weighted by Crippen LogP contribution is 2.20. The summed E-state index contributed by atoms with van der Waals surface area (Å²) in [6, 6.07) is 8.77. The van der Waals surface area contributed by atoms with Gasteiger partial charge in [0.2, 0.25) is 65.0 Å². The topological polar surface area (TPSA) is 756 Å². The number of nitrogens with one attached hydrogen (secondary N) is 20. The molecule has 0 radical (unpaired) electrons. The molecule has 12 amide bonds. The second-order valence-corrected chi connectivity index (χ2v) is 31.1. The largest absolute Gasteiger partial charge is 0.508 e. The minimum absolute atomic E-state index is 0.00975. The molecule has 0 saturated carbocycles. The molecule has 0 aliphatic rings. The first-order valence-corrected chi connectivity index (χ1v) is 42.0. The van der Waals surface area contributed by atoms with Crippen LogP contribution in [-0.4, -0.2) is 208 Å². The Labute approximate surface area is 733 Å². The van der Waals surface area contributed by atoms with Crippen LogP contribution in [0.3, 0.4) is 0 Å². The van der Waals surface area contributed by atoms with Crippen LogP contribution >= 0.6 is 0 Å². The van der Waals surface area contributed by atoms with E-state index in [0.29, 0.717) is 35.1 Å². The zero-order valence-electron chi connectivity index (χ0n) is 72.6. The van der Waals surface area contributed by atoms with Crippen molar-refractivity contribution in [1.82, 2.24) is 85.5 Å². The molecule has 0 saturated heterocycles. The number of guanidine groups is 4. The van der Waals surface area contributed by atoms with Crippen molar-refractivity contribution in [3.8, 4) is 23.0 Å². The maximum absolute atomic E-state index is 14.6. The molecule has 0 aromatic heterocycles. The van der Waals surface area contributed by atoms with Gasteiger partial charge in [-0.25, -0.2) is 10.9 Å². The molecule has 126 heavy (non-hydrogen) atoms. The SMILES string of the molecule is CC.CC(C)CC(NC(=O)[C@H](CCCNC(=N)N)NC(=O)C(Cc1ccc(O)cc1)NNC(=O)C(C)CCCCC(N)C(=O)NNC(Cc1ccc(O)cc1)C(=O)N[C@@H](CCCNC(=N)N)C(=O)NC(CC(C)C)C(=O)N[C@@H](CCCNC(=N)N)C(=O)NC(Cc1ccc(O)cc1)C(N)=O)C(=O)N[C@@H](CCCNC(=N)N)C(=O)NC(Cc1ccc(O)cc1)C(N)=O. The first-order valence-electron chi connectivity index (χ1n) is 42.0. The number of hydrogen-bond acceptors (Lipinski definition) is 23. The van der Waals surface area contributed by atoms with Crippen molar-refractivity contribution in [1.29, 1.82) is 21.6 Å². The summed E-state index contributed by atoms with van der Waals surface area (Å²) in [5, 5.41) is 102. The van der Waals surface area contributed by atoms with Crippen LogP contribution in [0.25, 0.3) is 0 Å². The summed E-state index contributed by atoms with van der Waals surface area (Å²) in [7, 11) is 0. The second-order valence-electron chi connectivity index (χ2n) is 31.1. The molecule has 0 fully saturated rings. The number of hydrazine groups is 2. The quantitative estimate of drug-likeness (QED) is 0.00926. The van der Waals surface area contributed by atoms with Crippen LogP contribution in [0.1, 0.15) is 161 Å². The summed E-state index contributed by atoms with van der Waals surface area (Å²) in [6.07, 6.45) is 0.816. The van der Waals surface area contributed by atoms with Gasteiger partial charge < -0.3 is 124 Å². The number of carbonyl (C=O) groups excluding carboxylic acids is 12. The standard InChI is InChI=1S/C81H127N27O16.C2H6/c1-44(2)38-62(74(121)97-56(14-8-34-93-78(85)86)70(117)101-60(66(83)113)40-47-18-26-51(109)27-19-47)103-72(119)58(16-10-36-95-80(89)90)99-76(123)64(42-49-22-30-53(111)31-23-49)105-107-68(115)46(5)12-6-7-13-55(82)69(116)108-106-65(43-50-24-32-54(112)33-25-50)77(124)100-59(17-11-37-96-81(91)92)73(120)104-63(39-45(3)4)75(122)98-57(15-9-35-94-79(87)88)71(118)102-61(67(84)114)41-48-20-28-52(110)29-21-48;1-2/h18-33,44-46,55-65,105-106,109-112H,6-17,34-43,82H2,1-5H3,(H2,83,113)(H2,84,114)(H,97,121)(H,98,122)(H,99,123)(H,100,124)(H,101,117)(H,102,118)(H,103,119)(H,104,120)(H,107,115)(H,108,116)(H4,85,86,93)(H4,87,88,94)(H4,89,90,95)(H4,91,92,96);1-2H3/t46?,55?,56-,57-,58-,59-,60?,61?,62?,63?,64?,65?;/m0./s1. The molecule has 4 aromatic rings. The molecule has 43 nitrogen and oxygen atoms in total. The van der Waals surface area contributed by atoms with Gasteiger partial charge in [0, 0.05) is 44.9 Å². The van der Waals surface area contributed by atoms with Crippen molar-refractivity contribution in [2.24, 2.45) is 57.9 Å². The van der Waals surface area contributed by atoms with Gasteiger partial charge in [-0.1, -0.05) is 110 Å². The fraction of sp³-hybridized carbons (Fsp3) is 0.518. The molecule has 0 aliphatic carbocycles. The van der Waals surface area contributed by atoms with Crippen LogP contribution in [0.4, 0.5) is 0 Å². The molecular formula is C83H133N27O16. The first-order chi connectivity index (χ1) is 59.7. The van der Waals surface area contributed by atoms with Gasteiger partial charge in [-0.3, -0.25) is 90.0 Å². The molecule has 4 rings (SSSR count). The Morgan fingerprint density at radius 1 is 0.294 bits per heavy atom. The van der Waals surface area contributed by atoms with Crippen LogP contribution in [0.2, 0.25) is 0 Å². The van der Waals surface area contributed by atoms with Crippen molar-refractivity contribution in [2.45, 2.75) is 231 Å². The molecular weight excluding hydrogens is 1630 g/mol. The molecule has 0 aliphatic heterocycles. The van der Waals surface area contributed by atoms with Gasteiger partial charge in [0.15, 0.2) is 23.8 Å². The predicted molar refractivity (Wildman–Crippen MR) is 474 cm³/mol. The molecule has 12 atom stereocenters. The molecule has 0 heterocycles. The van der Waals surface area contributed by atoms with Gasteiger partial charge in [-0.2, -0.15) is 0 Å². The summed E-state index contributed by atoms with van der Waals surface area (Å²) < 4.78 is 0. The third-order valence-corrected chi connectivity index (χ3v) is 19.5. The number of phenolic OH excluding ortho intramolecular Hbond substituents is 4. The Morgan fingerprint density at radius 2 is 0.516 bits per heavy atom. The van der Waals surface area contributed by atoms with E-state index in [2.05, 4.69) is 85.5 Å². The van der Waals surface area contributed by atoms with Crippen molar-refractivity contribution in [3.05, 3.63) is 119 Å². The van der Waals surface area contributed by atoms with Gasteiger partial charge in [-0.15, -0.1) is 0 Å². The predicted octanol–water partition coefficient (Wildman–Crippen LogP) is -2.70. The Balaban J connectivity index is 0.0000203. The van der Waals surface area contributed by atoms with E-state index < -0.39 is 143 Å². The minimum Gasteiger partial charge on any atom is -0.508 e. The summed E-state index contributed by atoms with van der Waals surface area (Å²) in [6.45, 7) is 13.1. The van der Waals surface area contributed by atoms with Crippen LogP contribution in [-0.2, 0) is 83.2 Å². The molecule has 696 valence electrons. The van der Waals surface area contributed by atoms with Crippen molar-refractivity contribution >= 4 is 94.7 Å². The Hall–Kier alpha value is -13.3. The monoisotopic (exact) mass is 1760 g/mol. The van der Waals surface area contributed by atoms with Gasteiger partial charge >= 0.3 is 0 Å². The lowest BCUT2D eigenvalue weighted by atomic mass is 10.00. The lowest BCUT2D eigenvalue weighted by molar-refractivity contribution is -0.135. The summed E-state index contributed by atoms with van der Waals surface area (Å²) in [5.74, 6) is -12.7. The van der Waals surface area contributed by atoms with Crippen molar-refractivity contribution < 1.29 is 78.0 Å². The first kappa shape index (κ1) is 107.